The van der Waals surface area contributed by atoms with Gasteiger partial charge in [0.25, 0.3) is 5.91 Å². The van der Waals surface area contributed by atoms with Crippen LogP contribution < -0.4 is 5.32 Å². The average Bonchev–Trinajstić information content (AvgIpc) is 2.80. The van der Waals surface area contributed by atoms with Crippen molar-refractivity contribution in [3.63, 3.8) is 0 Å². The smallest absolute Gasteiger partial charge is 0.258 e. The summed E-state index contributed by atoms with van der Waals surface area (Å²) in [6.07, 6.45) is 3.75. The van der Waals surface area contributed by atoms with E-state index in [1.54, 1.807) is 24.3 Å². The standard InChI is InChI=1S/C15H11Cl2N3O/c1-9-8-20-7-3-6-12(14(20)18-9)19-15(21)13-10(16)4-2-5-11(13)17/h2-8H,1H3,(H,19,21). The first kappa shape index (κ1) is 13.9. The number of halogens is 2. The molecule has 0 aliphatic heterocycles. The molecule has 0 fully saturated rings. The highest BCUT2D eigenvalue weighted by molar-refractivity contribution is 6.40. The van der Waals surface area contributed by atoms with Crippen LogP contribution in [0.3, 0.4) is 0 Å². The summed E-state index contributed by atoms with van der Waals surface area (Å²) in [7, 11) is 0. The number of aryl methyl sites for hydroxylation is 1. The number of nitrogens with one attached hydrogen (secondary N) is 1. The largest absolute Gasteiger partial charge is 0.319 e. The minimum atomic E-state index is -0.362. The van der Waals surface area contributed by atoms with Crippen molar-refractivity contribution < 1.29 is 4.79 Å². The summed E-state index contributed by atoms with van der Waals surface area (Å²) in [5.74, 6) is -0.362. The van der Waals surface area contributed by atoms with Crippen LogP contribution in [0.1, 0.15) is 16.1 Å². The lowest BCUT2D eigenvalue weighted by molar-refractivity contribution is 0.102. The van der Waals surface area contributed by atoms with Crippen molar-refractivity contribution in [3.8, 4) is 0 Å². The lowest BCUT2D eigenvalue weighted by Crippen LogP contribution is -2.14. The van der Waals surface area contributed by atoms with Crippen molar-refractivity contribution in [2.24, 2.45) is 0 Å². The zero-order valence-electron chi connectivity index (χ0n) is 11.1. The number of rotatable bonds is 2. The van der Waals surface area contributed by atoms with Crippen LogP contribution in [0.15, 0.2) is 42.7 Å². The minimum Gasteiger partial charge on any atom is -0.319 e. The summed E-state index contributed by atoms with van der Waals surface area (Å²) >= 11 is 12.1. The molecule has 0 atom stereocenters. The van der Waals surface area contributed by atoms with Gasteiger partial charge in [-0.05, 0) is 31.2 Å². The fourth-order valence-corrected chi connectivity index (χ4v) is 2.70. The predicted molar refractivity (Wildman–Crippen MR) is 84.3 cm³/mol. The molecule has 0 bridgehead atoms. The van der Waals surface area contributed by atoms with Crippen molar-refractivity contribution in [1.82, 2.24) is 9.38 Å². The lowest BCUT2D eigenvalue weighted by Gasteiger charge is -2.09. The molecule has 6 heteroatoms. The summed E-state index contributed by atoms with van der Waals surface area (Å²) < 4.78 is 1.85. The molecule has 0 saturated heterocycles. The third-order valence-corrected chi connectivity index (χ3v) is 3.67. The molecule has 1 amide bonds. The molecule has 0 radical (unpaired) electrons. The van der Waals surface area contributed by atoms with Gasteiger partial charge < -0.3 is 9.72 Å². The number of aromatic nitrogens is 2. The molecule has 0 aliphatic carbocycles. The van der Waals surface area contributed by atoms with E-state index < -0.39 is 0 Å². The Hall–Kier alpha value is -2.04. The topological polar surface area (TPSA) is 46.4 Å². The number of fused-ring (bicyclic) bond motifs is 1. The van der Waals surface area contributed by atoms with E-state index in [0.29, 0.717) is 21.4 Å². The molecular formula is C15H11Cl2N3O. The Labute approximate surface area is 131 Å². The number of carbonyl (C=O) groups excluding carboxylic acids is 1. The molecular weight excluding hydrogens is 309 g/mol. The Morgan fingerprint density at radius 2 is 1.90 bits per heavy atom. The molecule has 0 spiro atoms. The maximum Gasteiger partial charge on any atom is 0.258 e. The molecule has 1 N–H and O–H groups in total. The molecule has 3 aromatic rings. The fraction of sp³-hybridized carbons (Fsp3) is 0.0667. The Kier molecular flexibility index (Phi) is 3.57. The van der Waals surface area contributed by atoms with Crippen molar-refractivity contribution in [3.05, 3.63) is 64.0 Å². The first-order valence-corrected chi connectivity index (χ1v) is 7.01. The van der Waals surface area contributed by atoms with Gasteiger partial charge in [0.1, 0.15) is 0 Å². The highest BCUT2D eigenvalue weighted by atomic mass is 35.5. The van der Waals surface area contributed by atoms with Crippen LogP contribution in [0.5, 0.6) is 0 Å². The van der Waals surface area contributed by atoms with Gasteiger partial charge in [-0.15, -0.1) is 0 Å². The maximum atomic E-state index is 12.4. The van der Waals surface area contributed by atoms with E-state index >= 15 is 0 Å². The summed E-state index contributed by atoms with van der Waals surface area (Å²) in [6, 6.07) is 8.56. The van der Waals surface area contributed by atoms with Gasteiger partial charge in [0.15, 0.2) is 5.65 Å². The van der Waals surface area contributed by atoms with Crippen LogP contribution in [-0.4, -0.2) is 15.3 Å². The van der Waals surface area contributed by atoms with Gasteiger partial charge in [-0.3, -0.25) is 4.79 Å². The Morgan fingerprint density at radius 1 is 1.19 bits per heavy atom. The lowest BCUT2D eigenvalue weighted by atomic mass is 10.2. The number of pyridine rings is 1. The number of amides is 1. The maximum absolute atomic E-state index is 12.4. The number of carbonyl (C=O) groups is 1. The Balaban J connectivity index is 2.00. The van der Waals surface area contributed by atoms with Gasteiger partial charge in [0.2, 0.25) is 0 Å². The quantitative estimate of drug-likeness (QED) is 0.769. The molecule has 2 aromatic heterocycles. The minimum absolute atomic E-state index is 0.256. The van der Waals surface area contributed by atoms with Crippen molar-refractivity contribution in [2.75, 3.05) is 5.32 Å². The third kappa shape index (κ3) is 2.60. The van der Waals surface area contributed by atoms with Crippen LogP contribution in [0.25, 0.3) is 5.65 Å². The Morgan fingerprint density at radius 3 is 2.62 bits per heavy atom. The normalized spacial score (nSPS) is 10.8. The number of imidazole rings is 1. The molecule has 0 saturated carbocycles. The van der Waals surface area contributed by atoms with Crippen LogP contribution in [0.2, 0.25) is 10.0 Å². The highest BCUT2D eigenvalue weighted by Gasteiger charge is 2.16. The van der Waals surface area contributed by atoms with E-state index in [9.17, 15) is 4.79 Å². The second-order valence-corrected chi connectivity index (χ2v) is 5.40. The molecule has 4 nitrogen and oxygen atoms in total. The van der Waals surface area contributed by atoms with E-state index in [2.05, 4.69) is 10.3 Å². The highest BCUT2D eigenvalue weighted by Crippen LogP contribution is 2.26. The molecule has 21 heavy (non-hydrogen) atoms. The summed E-state index contributed by atoms with van der Waals surface area (Å²) in [5.41, 5.74) is 2.40. The zero-order valence-corrected chi connectivity index (χ0v) is 12.6. The molecule has 3 rings (SSSR count). The number of nitrogens with zero attached hydrogens (tertiary/aromatic N) is 2. The summed E-state index contributed by atoms with van der Waals surface area (Å²) in [4.78, 5) is 16.8. The van der Waals surface area contributed by atoms with Gasteiger partial charge in [-0.1, -0.05) is 29.3 Å². The predicted octanol–water partition coefficient (Wildman–Crippen LogP) is 4.20. The molecule has 2 heterocycles. The number of benzene rings is 1. The van der Waals surface area contributed by atoms with Crippen LogP contribution >= 0.6 is 23.2 Å². The molecule has 0 aliphatic rings. The molecule has 1 aromatic carbocycles. The second kappa shape index (κ2) is 5.39. The van der Waals surface area contributed by atoms with E-state index in [-0.39, 0.29) is 11.5 Å². The van der Waals surface area contributed by atoms with E-state index in [4.69, 9.17) is 23.2 Å². The fourth-order valence-electron chi connectivity index (χ4n) is 2.13. The zero-order chi connectivity index (χ0) is 15.0. The van der Waals surface area contributed by atoms with E-state index in [0.717, 1.165) is 5.69 Å². The van der Waals surface area contributed by atoms with E-state index in [1.165, 1.54) is 0 Å². The third-order valence-electron chi connectivity index (χ3n) is 3.04. The van der Waals surface area contributed by atoms with Crippen molar-refractivity contribution in [1.29, 1.82) is 0 Å². The van der Waals surface area contributed by atoms with Gasteiger partial charge >= 0.3 is 0 Å². The number of anilines is 1. The van der Waals surface area contributed by atoms with Crippen molar-refractivity contribution in [2.45, 2.75) is 6.92 Å². The van der Waals surface area contributed by atoms with Crippen LogP contribution in [-0.2, 0) is 0 Å². The average molecular weight is 320 g/mol. The molecule has 106 valence electrons. The van der Waals surface area contributed by atoms with E-state index in [1.807, 2.05) is 29.8 Å². The first-order valence-electron chi connectivity index (χ1n) is 6.26. The van der Waals surface area contributed by atoms with Crippen LogP contribution in [0.4, 0.5) is 5.69 Å². The van der Waals surface area contributed by atoms with Crippen molar-refractivity contribution >= 4 is 40.4 Å². The summed E-state index contributed by atoms with van der Waals surface area (Å²) in [5, 5.41) is 3.43. The summed E-state index contributed by atoms with van der Waals surface area (Å²) in [6.45, 7) is 1.89. The van der Waals surface area contributed by atoms with Gasteiger partial charge in [0.05, 0.1) is 27.0 Å². The Bertz CT molecular complexity index is 822. The second-order valence-electron chi connectivity index (χ2n) is 4.59. The molecule has 0 unspecified atom stereocenters. The number of hydrogen-bond donors (Lipinski definition) is 1. The van der Waals surface area contributed by atoms with Gasteiger partial charge in [0, 0.05) is 12.4 Å². The first-order chi connectivity index (χ1) is 10.1. The van der Waals surface area contributed by atoms with Gasteiger partial charge in [-0.25, -0.2) is 4.98 Å². The number of hydrogen-bond acceptors (Lipinski definition) is 2. The SMILES string of the molecule is Cc1cn2cccc(NC(=O)c3c(Cl)cccc3Cl)c2n1. The van der Waals surface area contributed by atoms with Gasteiger partial charge in [-0.2, -0.15) is 0 Å². The van der Waals surface area contributed by atoms with Crippen LogP contribution in [0, 0.1) is 6.92 Å². The monoisotopic (exact) mass is 319 g/mol.